The molecule has 3 heteroatoms. The van der Waals surface area contributed by atoms with Crippen LogP contribution in [0.4, 0.5) is 0 Å². The molecule has 1 aromatic carbocycles. The lowest BCUT2D eigenvalue weighted by atomic mass is 9.77. The minimum atomic E-state index is -0.657. The second-order valence-electron chi connectivity index (χ2n) is 4.77. The number of furan rings is 1. The Labute approximate surface area is 107 Å². The quantitative estimate of drug-likeness (QED) is 0.849. The Morgan fingerprint density at radius 1 is 1.17 bits per heavy atom. The molecule has 18 heavy (non-hydrogen) atoms. The van der Waals surface area contributed by atoms with Gasteiger partial charge in [0.25, 0.3) is 0 Å². The maximum Gasteiger partial charge on any atom is 0.0934 e. The zero-order chi connectivity index (χ0) is 13.0. The van der Waals surface area contributed by atoms with Crippen LogP contribution in [-0.2, 0) is 11.8 Å². The average Bonchev–Trinajstić information content (AvgIpc) is 2.89. The molecular formula is C15H18O3. The van der Waals surface area contributed by atoms with Crippen LogP contribution in [0.15, 0.2) is 47.3 Å². The first-order valence-electron chi connectivity index (χ1n) is 6.00. The van der Waals surface area contributed by atoms with Gasteiger partial charge in [0.05, 0.1) is 25.7 Å². The first-order chi connectivity index (χ1) is 8.70. The van der Waals surface area contributed by atoms with Crippen molar-refractivity contribution >= 4 is 0 Å². The Morgan fingerprint density at radius 2 is 1.94 bits per heavy atom. The van der Waals surface area contributed by atoms with E-state index >= 15 is 0 Å². The van der Waals surface area contributed by atoms with Crippen molar-refractivity contribution in [2.75, 3.05) is 13.2 Å². The number of benzene rings is 1. The van der Waals surface area contributed by atoms with Crippen molar-refractivity contribution < 1.29 is 14.6 Å². The molecule has 2 aromatic rings. The average molecular weight is 246 g/mol. The Morgan fingerprint density at radius 3 is 2.50 bits per heavy atom. The first kappa shape index (κ1) is 12.9. The lowest BCUT2D eigenvalue weighted by Gasteiger charge is -2.30. The van der Waals surface area contributed by atoms with Gasteiger partial charge in [-0.1, -0.05) is 29.8 Å². The Bertz CT molecular complexity index is 484. The fourth-order valence-electron chi connectivity index (χ4n) is 2.21. The summed E-state index contributed by atoms with van der Waals surface area (Å²) in [6.07, 6.45) is 3.81. The highest BCUT2D eigenvalue weighted by Crippen LogP contribution is 2.28. The van der Waals surface area contributed by atoms with Gasteiger partial charge < -0.3 is 14.6 Å². The minimum Gasteiger partial charge on any atom is -0.472 e. The lowest BCUT2D eigenvalue weighted by Crippen LogP contribution is -2.37. The number of rotatable bonds is 5. The first-order valence-corrected chi connectivity index (χ1v) is 6.00. The standard InChI is InChI=1S/C15H18O3/c1-12-3-2-4-14(7-12)15(10-16,11-17)8-13-5-6-18-9-13/h2-7,9,16-17H,8,10-11H2,1H3. The molecule has 0 aliphatic carbocycles. The van der Waals surface area contributed by atoms with Crippen molar-refractivity contribution in [3.8, 4) is 0 Å². The molecule has 0 unspecified atom stereocenters. The van der Waals surface area contributed by atoms with E-state index in [2.05, 4.69) is 0 Å². The van der Waals surface area contributed by atoms with Crippen molar-refractivity contribution in [1.82, 2.24) is 0 Å². The zero-order valence-electron chi connectivity index (χ0n) is 10.5. The van der Waals surface area contributed by atoms with E-state index in [1.54, 1.807) is 12.5 Å². The van der Waals surface area contributed by atoms with E-state index < -0.39 is 5.41 Å². The summed E-state index contributed by atoms with van der Waals surface area (Å²) in [6.45, 7) is 1.80. The van der Waals surface area contributed by atoms with Crippen LogP contribution in [0.1, 0.15) is 16.7 Å². The number of hydrogen-bond donors (Lipinski definition) is 2. The van der Waals surface area contributed by atoms with Crippen molar-refractivity contribution in [2.45, 2.75) is 18.8 Å². The van der Waals surface area contributed by atoms with Gasteiger partial charge in [-0.15, -0.1) is 0 Å². The topological polar surface area (TPSA) is 53.6 Å². The van der Waals surface area contributed by atoms with E-state index in [4.69, 9.17) is 4.42 Å². The third-order valence-electron chi connectivity index (χ3n) is 3.36. The summed E-state index contributed by atoms with van der Waals surface area (Å²) < 4.78 is 5.05. The number of aliphatic hydroxyl groups is 2. The summed E-state index contributed by atoms with van der Waals surface area (Å²) in [6, 6.07) is 9.75. The zero-order valence-corrected chi connectivity index (χ0v) is 10.5. The van der Waals surface area contributed by atoms with E-state index in [9.17, 15) is 10.2 Å². The molecule has 0 saturated carbocycles. The van der Waals surface area contributed by atoms with Crippen LogP contribution >= 0.6 is 0 Å². The van der Waals surface area contributed by atoms with E-state index in [1.807, 2.05) is 37.3 Å². The maximum absolute atomic E-state index is 9.73. The van der Waals surface area contributed by atoms with Crippen LogP contribution in [-0.4, -0.2) is 23.4 Å². The largest absolute Gasteiger partial charge is 0.472 e. The summed E-state index contributed by atoms with van der Waals surface area (Å²) in [5, 5.41) is 19.5. The third kappa shape index (κ3) is 2.47. The van der Waals surface area contributed by atoms with Gasteiger partial charge in [0.1, 0.15) is 0 Å². The minimum absolute atomic E-state index is 0.0991. The van der Waals surface area contributed by atoms with Crippen LogP contribution in [0.2, 0.25) is 0 Å². The molecule has 0 saturated heterocycles. The van der Waals surface area contributed by atoms with Crippen LogP contribution in [0.25, 0.3) is 0 Å². The van der Waals surface area contributed by atoms with Gasteiger partial charge in [-0.05, 0) is 30.5 Å². The molecule has 2 N–H and O–H groups in total. The predicted molar refractivity (Wildman–Crippen MR) is 69.4 cm³/mol. The summed E-state index contributed by atoms with van der Waals surface area (Å²) in [5.74, 6) is 0. The molecule has 1 heterocycles. The van der Waals surface area contributed by atoms with Crippen LogP contribution in [0, 0.1) is 6.92 Å². The van der Waals surface area contributed by atoms with Crippen LogP contribution < -0.4 is 0 Å². The summed E-state index contributed by atoms with van der Waals surface area (Å²) in [4.78, 5) is 0. The Balaban J connectivity index is 2.37. The second-order valence-corrected chi connectivity index (χ2v) is 4.77. The molecule has 0 atom stereocenters. The molecular weight excluding hydrogens is 228 g/mol. The molecule has 96 valence electrons. The fraction of sp³-hybridized carbons (Fsp3) is 0.333. The van der Waals surface area contributed by atoms with Gasteiger partial charge in [-0.2, -0.15) is 0 Å². The Kier molecular flexibility index (Phi) is 3.84. The lowest BCUT2D eigenvalue weighted by molar-refractivity contribution is 0.116. The second kappa shape index (κ2) is 5.38. The number of aryl methyl sites for hydroxylation is 1. The predicted octanol–water partition coefficient (Wildman–Crippen LogP) is 2.05. The van der Waals surface area contributed by atoms with Gasteiger partial charge in [0.15, 0.2) is 0 Å². The SMILES string of the molecule is Cc1cccc(C(CO)(CO)Cc2ccoc2)c1. The highest BCUT2D eigenvalue weighted by Gasteiger charge is 2.31. The summed E-state index contributed by atoms with van der Waals surface area (Å²) in [7, 11) is 0. The van der Waals surface area contributed by atoms with Crippen molar-refractivity contribution in [1.29, 1.82) is 0 Å². The van der Waals surface area contributed by atoms with Crippen molar-refractivity contribution in [3.05, 3.63) is 59.5 Å². The molecule has 0 aliphatic rings. The van der Waals surface area contributed by atoms with Crippen LogP contribution in [0.3, 0.4) is 0 Å². The summed E-state index contributed by atoms with van der Waals surface area (Å²) in [5.41, 5.74) is 2.38. The van der Waals surface area contributed by atoms with E-state index in [0.717, 1.165) is 16.7 Å². The van der Waals surface area contributed by atoms with Gasteiger partial charge in [0.2, 0.25) is 0 Å². The van der Waals surface area contributed by atoms with E-state index in [1.165, 1.54) is 0 Å². The smallest absolute Gasteiger partial charge is 0.0934 e. The monoisotopic (exact) mass is 246 g/mol. The molecule has 0 fully saturated rings. The Hall–Kier alpha value is -1.58. The van der Waals surface area contributed by atoms with Crippen molar-refractivity contribution in [3.63, 3.8) is 0 Å². The fourth-order valence-corrected chi connectivity index (χ4v) is 2.21. The maximum atomic E-state index is 9.73. The molecule has 0 bridgehead atoms. The van der Waals surface area contributed by atoms with Gasteiger partial charge >= 0.3 is 0 Å². The number of hydrogen-bond acceptors (Lipinski definition) is 3. The molecule has 0 aliphatic heterocycles. The number of aliphatic hydroxyl groups excluding tert-OH is 2. The van der Waals surface area contributed by atoms with E-state index in [0.29, 0.717) is 6.42 Å². The third-order valence-corrected chi connectivity index (χ3v) is 3.36. The molecule has 0 spiro atoms. The normalized spacial score (nSPS) is 11.7. The molecule has 2 rings (SSSR count). The highest BCUT2D eigenvalue weighted by atomic mass is 16.3. The van der Waals surface area contributed by atoms with E-state index in [-0.39, 0.29) is 13.2 Å². The van der Waals surface area contributed by atoms with Gasteiger partial charge in [0, 0.05) is 5.41 Å². The highest BCUT2D eigenvalue weighted by molar-refractivity contribution is 5.32. The van der Waals surface area contributed by atoms with Gasteiger partial charge in [-0.3, -0.25) is 0 Å². The van der Waals surface area contributed by atoms with Gasteiger partial charge in [-0.25, -0.2) is 0 Å². The molecule has 1 aromatic heterocycles. The van der Waals surface area contributed by atoms with Crippen molar-refractivity contribution in [2.24, 2.45) is 0 Å². The molecule has 0 amide bonds. The molecule has 0 radical (unpaired) electrons. The van der Waals surface area contributed by atoms with Crippen LogP contribution in [0.5, 0.6) is 0 Å². The molecule has 3 nitrogen and oxygen atoms in total. The summed E-state index contributed by atoms with van der Waals surface area (Å²) >= 11 is 0.